The number of nitrogens with two attached hydrogens (primary N) is 1. The van der Waals surface area contributed by atoms with Crippen molar-refractivity contribution in [3.8, 4) is 0 Å². The van der Waals surface area contributed by atoms with Gasteiger partial charge >= 0.3 is 0 Å². The van der Waals surface area contributed by atoms with Gasteiger partial charge in [0.05, 0.1) is 15.6 Å². The van der Waals surface area contributed by atoms with E-state index in [0.29, 0.717) is 28.5 Å². The van der Waals surface area contributed by atoms with Crippen LogP contribution in [-0.4, -0.2) is 29.4 Å². The van der Waals surface area contributed by atoms with Gasteiger partial charge in [0, 0.05) is 24.5 Å². The van der Waals surface area contributed by atoms with Crippen LogP contribution in [0.4, 0.5) is 0 Å². The van der Waals surface area contributed by atoms with Crippen molar-refractivity contribution in [1.29, 1.82) is 0 Å². The number of amides is 1. The predicted molar refractivity (Wildman–Crippen MR) is 77.5 cm³/mol. The lowest BCUT2D eigenvalue weighted by atomic mass is 10.2. The second kappa shape index (κ2) is 6.33. The molecule has 0 atom stereocenters. The van der Waals surface area contributed by atoms with E-state index < -0.39 is 0 Å². The number of halogens is 2. The summed E-state index contributed by atoms with van der Waals surface area (Å²) in [5, 5.41) is 0.423. The molecule has 0 aliphatic heterocycles. The average Bonchev–Trinajstić information content (AvgIpc) is 2.25. The van der Waals surface area contributed by atoms with Crippen molar-refractivity contribution >= 4 is 50.6 Å². The number of benzene rings is 1. The first-order chi connectivity index (χ1) is 7.91. The maximum Gasteiger partial charge on any atom is 0.255 e. The van der Waals surface area contributed by atoms with Gasteiger partial charge in [-0.2, -0.15) is 0 Å². The Morgan fingerprint density at radius 3 is 2.76 bits per heavy atom. The van der Waals surface area contributed by atoms with E-state index in [4.69, 9.17) is 29.6 Å². The maximum absolute atomic E-state index is 12.0. The van der Waals surface area contributed by atoms with Crippen LogP contribution in [0.5, 0.6) is 0 Å². The molecule has 1 aromatic rings. The molecule has 92 valence electrons. The first-order valence-electron chi connectivity index (χ1n) is 4.90. The molecular formula is C11H12BrClN2OS. The van der Waals surface area contributed by atoms with Crippen LogP contribution in [0.15, 0.2) is 22.7 Å². The first-order valence-corrected chi connectivity index (χ1v) is 6.48. The van der Waals surface area contributed by atoms with Crippen LogP contribution < -0.4 is 5.73 Å². The lowest BCUT2D eigenvalue weighted by Crippen LogP contribution is -2.30. The summed E-state index contributed by atoms with van der Waals surface area (Å²) in [4.78, 5) is 14.0. The molecular weight excluding hydrogens is 324 g/mol. The third-order valence-electron chi connectivity index (χ3n) is 2.20. The summed E-state index contributed by atoms with van der Waals surface area (Å²) < 4.78 is 0.838. The zero-order valence-corrected chi connectivity index (χ0v) is 12.4. The molecule has 0 bridgehead atoms. The third kappa shape index (κ3) is 4.26. The standard InChI is InChI=1S/C11H12BrClN2OS/c1-15(5-4-10(14)17)11(16)8-3-2-7(12)6-9(8)13/h2-3,6H,4-5H2,1H3,(H2,14,17). The quantitative estimate of drug-likeness (QED) is 0.861. The fraction of sp³-hybridized carbons (Fsp3) is 0.273. The maximum atomic E-state index is 12.0. The van der Waals surface area contributed by atoms with E-state index in [1.54, 1.807) is 30.1 Å². The van der Waals surface area contributed by atoms with Crippen LogP contribution in [0, 0.1) is 0 Å². The Labute approximate surface area is 119 Å². The normalized spacial score (nSPS) is 10.1. The van der Waals surface area contributed by atoms with Gasteiger partial charge < -0.3 is 10.6 Å². The summed E-state index contributed by atoms with van der Waals surface area (Å²) in [6.45, 7) is 0.487. The topological polar surface area (TPSA) is 46.3 Å². The lowest BCUT2D eigenvalue weighted by Gasteiger charge is -2.17. The summed E-state index contributed by atoms with van der Waals surface area (Å²) in [5.74, 6) is -0.140. The summed E-state index contributed by atoms with van der Waals surface area (Å²) in [5.41, 5.74) is 5.86. The molecule has 0 unspecified atom stereocenters. The second-order valence-corrected chi connectivity index (χ2v) is 5.41. The molecule has 0 spiro atoms. The van der Waals surface area contributed by atoms with Gasteiger partial charge in [-0.15, -0.1) is 0 Å². The molecule has 6 heteroatoms. The number of carbonyl (C=O) groups is 1. The lowest BCUT2D eigenvalue weighted by molar-refractivity contribution is 0.0799. The fourth-order valence-electron chi connectivity index (χ4n) is 1.25. The molecule has 0 radical (unpaired) electrons. The van der Waals surface area contributed by atoms with Gasteiger partial charge in [0.2, 0.25) is 0 Å². The molecule has 1 amide bonds. The van der Waals surface area contributed by atoms with Gasteiger partial charge in [-0.05, 0) is 18.2 Å². The van der Waals surface area contributed by atoms with Crippen molar-refractivity contribution in [3.63, 3.8) is 0 Å². The second-order valence-electron chi connectivity index (χ2n) is 3.57. The van der Waals surface area contributed by atoms with Gasteiger partial charge in [-0.25, -0.2) is 0 Å². The average molecular weight is 336 g/mol. The highest BCUT2D eigenvalue weighted by atomic mass is 79.9. The van der Waals surface area contributed by atoms with E-state index >= 15 is 0 Å². The Morgan fingerprint density at radius 2 is 2.24 bits per heavy atom. The zero-order chi connectivity index (χ0) is 13.0. The Bertz CT molecular complexity index is 453. The van der Waals surface area contributed by atoms with Gasteiger partial charge in [-0.3, -0.25) is 4.79 Å². The molecule has 0 fully saturated rings. The van der Waals surface area contributed by atoms with Crippen LogP contribution in [0.25, 0.3) is 0 Å². The molecule has 1 rings (SSSR count). The van der Waals surface area contributed by atoms with Gasteiger partial charge in [-0.1, -0.05) is 39.7 Å². The zero-order valence-electron chi connectivity index (χ0n) is 9.24. The number of carbonyl (C=O) groups excluding carboxylic acids is 1. The molecule has 0 saturated heterocycles. The summed E-state index contributed by atoms with van der Waals surface area (Å²) in [6.07, 6.45) is 0.506. The Kier molecular flexibility index (Phi) is 5.36. The monoisotopic (exact) mass is 334 g/mol. The van der Waals surface area contributed by atoms with Crippen molar-refractivity contribution in [2.24, 2.45) is 5.73 Å². The molecule has 1 aromatic carbocycles. The molecule has 0 aliphatic carbocycles. The smallest absolute Gasteiger partial charge is 0.255 e. The van der Waals surface area contributed by atoms with E-state index in [1.165, 1.54) is 0 Å². The third-order valence-corrected chi connectivity index (χ3v) is 3.21. The minimum Gasteiger partial charge on any atom is -0.393 e. The fourth-order valence-corrected chi connectivity index (χ4v) is 2.09. The number of rotatable bonds is 4. The minimum atomic E-state index is -0.140. The Balaban J connectivity index is 2.78. The van der Waals surface area contributed by atoms with Crippen LogP contribution in [0.1, 0.15) is 16.8 Å². The van der Waals surface area contributed by atoms with E-state index in [0.717, 1.165) is 4.47 Å². The Morgan fingerprint density at radius 1 is 1.59 bits per heavy atom. The number of nitrogens with zero attached hydrogens (tertiary/aromatic N) is 1. The summed E-state index contributed by atoms with van der Waals surface area (Å²) in [7, 11) is 1.69. The molecule has 0 aliphatic rings. The van der Waals surface area contributed by atoms with Crippen molar-refractivity contribution in [2.75, 3.05) is 13.6 Å². The molecule has 0 saturated carbocycles. The first kappa shape index (κ1) is 14.4. The predicted octanol–water partition coefficient (Wildman–Crippen LogP) is 2.85. The molecule has 0 heterocycles. The van der Waals surface area contributed by atoms with Crippen molar-refractivity contribution in [3.05, 3.63) is 33.3 Å². The van der Waals surface area contributed by atoms with Crippen molar-refractivity contribution in [1.82, 2.24) is 4.90 Å². The van der Waals surface area contributed by atoms with Crippen molar-refractivity contribution < 1.29 is 4.79 Å². The molecule has 0 aromatic heterocycles. The number of thiocarbonyl (C=S) groups is 1. The molecule has 3 nitrogen and oxygen atoms in total. The molecule has 2 N–H and O–H groups in total. The SMILES string of the molecule is CN(CCC(N)=S)C(=O)c1ccc(Br)cc1Cl. The highest BCUT2D eigenvalue weighted by Gasteiger charge is 2.15. The van der Waals surface area contributed by atoms with Crippen LogP contribution in [0.3, 0.4) is 0 Å². The Hall–Kier alpha value is -0.650. The highest BCUT2D eigenvalue weighted by molar-refractivity contribution is 9.10. The van der Waals surface area contributed by atoms with E-state index in [-0.39, 0.29) is 5.91 Å². The minimum absolute atomic E-state index is 0.140. The van der Waals surface area contributed by atoms with Gasteiger partial charge in [0.1, 0.15) is 0 Å². The van der Waals surface area contributed by atoms with E-state index in [9.17, 15) is 4.79 Å². The van der Waals surface area contributed by atoms with Crippen LogP contribution in [0.2, 0.25) is 5.02 Å². The van der Waals surface area contributed by atoms with E-state index in [2.05, 4.69) is 15.9 Å². The summed E-state index contributed by atoms with van der Waals surface area (Å²) in [6, 6.07) is 5.16. The highest BCUT2D eigenvalue weighted by Crippen LogP contribution is 2.22. The van der Waals surface area contributed by atoms with E-state index in [1.807, 2.05) is 0 Å². The number of hydrogen-bond acceptors (Lipinski definition) is 2. The van der Waals surface area contributed by atoms with Gasteiger partial charge in [0.15, 0.2) is 0 Å². The largest absolute Gasteiger partial charge is 0.393 e. The number of hydrogen-bond donors (Lipinski definition) is 1. The van der Waals surface area contributed by atoms with Crippen molar-refractivity contribution in [2.45, 2.75) is 6.42 Å². The van der Waals surface area contributed by atoms with Crippen LogP contribution >= 0.6 is 39.7 Å². The molecule has 17 heavy (non-hydrogen) atoms. The van der Waals surface area contributed by atoms with Crippen LogP contribution in [-0.2, 0) is 0 Å². The van der Waals surface area contributed by atoms with Gasteiger partial charge in [0.25, 0.3) is 5.91 Å². The summed E-state index contributed by atoms with van der Waals surface area (Å²) >= 11 is 14.1.